The van der Waals surface area contributed by atoms with E-state index in [1.807, 2.05) is 0 Å². The first-order valence-electron chi connectivity index (χ1n) is 9.22. The van der Waals surface area contributed by atoms with E-state index in [0.717, 1.165) is 38.3 Å². The third-order valence-corrected chi connectivity index (χ3v) is 4.82. The van der Waals surface area contributed by atoms with Crippen LogP contribution in [0.25, 0.3) is 0 Å². The van der Waals surface area contributed by atoms with Crippen LogP contribution in [0.3, 0.4) is 0 Å². The highest BCUT2D eigenvalue weighted by atomic mass is 16.2. The molecule has 1 aromatic carbocycles. The number of rotatable bonds is 6. The van der Waals surface area contributed by atoms with Crippen LogP contribution in [-0.2, 0) is 4.79 Å². The lowest BCUT2D eigenvalue weighted by atomic mass is 10.2. The Morgan fingerprint density at radius 3 is 2.56 bits per heavy atom. The average molecular weight is 343 g/mol. The molecule has 1 saturated carbocycles. The van der Waals surface area contributed by atoms with Gasteiger partial charge in [0.15, 0.2) is 5.96 Å². The Morgan fingerprint density at radius 2 is 1.88 bits per heavy atom. The summed E-state index contributed by atoms with van der Waals surface area (Å²) in [4.78, 5) is 18.3. The Balaban J connectivity index is 1.38. The fraction of sp³-hybridized carbons (Fsp3) is 0.579. The number of hydrogen-bond donors (Lipinski definition) is 3. The third kappa shape index (κ3) is 5.11. The molecule has 6 heteroatoms. The van der Waals surface area contributed by atoms with Crippen LogP contribution < -0.4 is 20.9 Å². The lowest BCUT2D eigenvalue weighted by Gasteiger charge is -2.20. The SMILES string of the molecule is CN=C(NCCNC(=O)C1CC1)NC1CCN(c2ccc(C)cc2)C1. The van der Waals surface area contributed by atoms with Gasteiger partial charge in [-0.2, -0.15) is 0 Å². The number of nitrogens with one attached hydrogen (secondary N) is 3. The van der Waals surface area contributed by atoms with Crippen LogP contribution in [0.2, 0.25) is 0 Å². The molecule has 2 fully saturated rings. The summed E-state index contributed by atoms with van der Waals surface area (Å²) in [6, 6.07) is 9.08. The number of hydrogen-bond acceptors (Lipinski definition) is 3. The molecule has 0 spiro atoms. The quantitative estimate of drug-likeness (QED) is 0.413. The molecular formula is C19H29N5O. The highest BCUT2D eigenvalue weighted by Gasteiger charge is 2.29. The van der Waals surface area contributed by atoms with Gasteiger partial charge in [0.05, 0.1) is 0 Å². The standard InChI is InChI=1S/C19H29N5O/c1-14-3-7-17(8-4-14)24-12-9-16(13-24)23-19(20-2)22-11-10-21-18(25)15-5-6-15/h3-4,7-8,15-16H,5-6,9-13H2,1-2H3,(H,21,25)(H2,20,22,23). The maximum absolute atomic E-state index is 11.6. The van der Waals surface area contributed by atoms with Gasteiger partial charge in [-0.1, -0.05) is 17.7 Å². The Bertz CT molecular complexity index is 609. The first-order valence-corrected chi connectivity index (χ1v) is 9.22. The van der Waals surface area contributed by atoms with E-state index >= 15 is 0 Å². The van der Waals surface area contributed by atoms with Crippen LogP contribution in [0.5, 0.6) is 0 Å². The van der Waals surface area contributed by atoms with Crippen molar-refractivity contribution in [3.05, 3.63) is 29.8 Å². The number of carbonyl (C=O) groups is 1. The van der Waals surface area contributed by atoms with Crippen molar-refractivity contribution < 1.29 is 4.79 Å². The second kappa shape index (κ2) is 8.23. The number of nitrogens with zero attached hydrogens (tertiary/aromatic N) is 2. The van der Waals surface area contributed by atoms with Crippen LogP contribution in [0, 0.1) is 12.8 Å². The van der Waals surface area contributed by atoms with E-state index in [-0.39, 0.29) is 11.8 Å². The second-order valence-electron chi connectivity index (χ2n) is 6.98. The first kappa shape index (κ1) is 17.6. The smallest absolute Gasteiger partial charge is 0.223 e. The largest absolute Gasteiger partial charge is 0.369 e. The molecule has 1 unspecified atom stereocenters. The van der Waals surface area contributed by atoms with Gasteiger partial charge in [0.2, 0.25) is 5.91 Å². The number of amides is 1. The van der Waals surface area contributed by atoms with Crippen molar-refractivity contribution in [3.63, 3.8) is 0 Å². The monoisotopic (exact) mass is 343 g/mol. The molecule has 25 heavy (non-hydrogen) atoms. The first-order chi connectivity index (χ1) is 12.2. The topological polar surface area (TPSA) is 68.8 Å². The Kier molecular flexibility index (Phi) is 5.79. The van der Waals surface area contributed by atoms with Gasteiger partial charge in [-0.3, -0.25) is 9.79 Å². The predicted molar refractivity (Wildman–Crippen MR) is 102 cm³/mol. The third-order valence-electron chi connectivity index (χ3n) is 4.82. The lowest BCUT2D eigenvalue weighted by Crippen LogP contribution is -2.46. The molecule has 1 aliphatic heterocycles. The van der Waals surface area contributed by atoms with E-state index in [9.17, 15) is 4.79 Å². The summed E-state index contributed by atoms with van der Waals surface area (Å²) in [5, 5.41) is 9.72. The van der Waals surface area contributed by atoms with Gasteiger partial charge < -0.3 is 20.9 Å². The predicted octanol–water partition coefficient (Wildman–Crippen LogP) is 1.26. The van der Waals surface area contributed by atoms with Crippen molar-refractivity contribution in [2.45, 2.75) is 32.2 Å². The van der Waals surface area contributed by atoms with Crippen LogP contribution in [-0.4, -0.2) is 51.1 Å². The molecule has 0 bridgehead atoms. The fourth-order valence-electron chi connectivity index (χ4n) is 3.11. The van der Waals surface area contributed by atoms with Crippen LogP contribution in [0.4, 0.5) is 5.69 Å². The molecule has 0 aromatic heterocycles. The number of anilines is 1. The summed E-state index contributed by atoms with van der Waals surface area (Å²) in [5.74, 6) is 1.26. The van der Waals surface area contributed by atoms with Crippen molar-refractivity contribution >= 4 is 17.6 Å². The number of aryl methyl sites for hydroxylation is 1. The van der Waals surface area contributed by atoms with E-state index in [0.29, 0.717) is 19.1 Å². The van der Waals surface area contributed by atoms with Crippen molar-refractivity contribution in [3.8, 4) is 0 Å². The number of carbonyl (C=O) groups excluding carboxylic acids is 1. The number of guanidine groups is 1. The minimum Gasteiger partial charge on any atom is -0.369 e. The molecule has 1 atom stereocenters. The maximum Gasteiger partial charge on any atom is 0.223 e. The van der Waals surface area contributed by atoms with Gasteiger partial charge in [0, 0.05) is 50.9 Å². The van der Waals surface area contributed by atoms with Gasteiger partial charge in [0.25, 0.3) is 0 Å². The average Bonchev–Trinajstić information content (AvgIpc) is 3.37. The molecule has 6 nitrogen and oxygen atoms in total. The van der Waals surface area contributed by atoms with Gasteiger partial charge >= 0.3 is 0 Å². The second-order valence-corrected chi connectivity index (χ2v) is 6.98. The molecule has 0 radical (unpaired) electrons. The number of aliphatic imine (C=N–C) groups is 1. The number of benzene rings is 1. The van der Waals surface area contributed by atoms with E-state index in [2.05, 4.69) is 57.0 Å². The Labute approximate surface area is 150 Å². The van der Waals surface area contributed by atoms with Gasteiger partial charge in [-0.05, 0) is 38.3 Å². The molecule has 136 valence electrons. The van der Waals surface area contributed by atoms with E-state index in [1.54, 1.807) is 7.05 Å². The molecular weight excluding hydrogens is 314 g/mol. The Morgan fingerprint density at radius 1 is 1.16 bits per heavy atom. The van der Waals surface area contributed by atoms with Crippen molar-refractivity contribution in [1.29, 1.82) is 0 Å². The van der Waals surface area contributed by atoms with Crippen molar-refractivity contribution in [2.24, 2.45) is 10.9 Å². The summed E-state index contributed by atoms with van der Waals surface area (Å²) >= 11 is 0. The molecule has 3 N–H and O–H groups in total. The summed E-state index contributed by atoms with van der Waals surface area (Å²) in [5.41, 5.74) is 2.57. The van der Waals surface area contributed by atoms with Crippen molar-refractivity contribution in [2.75, 3.05) is 38.1 Å². The van der Waals surface area contributed by atoms with E-state index < -0.39 is 0 Å². The fourth-order valence-corrected chi connectivity index (χ4v) is 3.11. The molecule has 1 amide bonds. The zero-order valence-corrected chi connectivity index (χ0v) is 15.2. The maximum atomic E-state index is 11.6. The zero-order chi connectivity index (χ0) is 17.6. The zero-order valence-electron chi connectivity index (χ0n) is 15.2. The molecule has 2 aliphatic rings. The van der Waals surface area contributed by atoms with Crippen LogP contribution in [0.1, 0.15) is 24.8 Å². The van der Waals surface area contributed by atoms with Gasteiger partial charge in [0.1, 0.15) is 0 Å². The molecule has 1 aliphatic carbocycles. The van der Waals surface area contributed by atoms with Gasteiger partial charge in [-0.15, -0.1) is 0 Å². The molecule has 1 saturated heterocycles. The van der Waals surface area contributed by atoms with Crippen molar-refractivity contribution in [1.82, 2.24) is 16.0 Å². The summed E-state index contributed by atoms with van der Waals surface area (Å²) in [6.45, 7) is 5.46. The van der Waals surface area contributed by atoms with E-state index in [1.165, 1.54) is 11.3 Å². The van der Waals surface area contributed by atoms with Crippen LogP contribution >= 0.6 is 0 Å². The lowest BCUT2D eigenvalue weighted by molar-refractivity contribution is -0.122. The Hall–Kier alpha value is -2.24. The normalized spacial score (nSPS) is 20.5. The van der Waals surface area contributed by atoms with Gasteiger partial charge in [-0.25, -0.2) is 0 Å². The van der Waals surface area contributed by atoms with E-state index in [4.69, 9.17) is 0 Å². The van der Waals surface area contributed by atoms with Crippen LogP contribution in [0.15, 0.2) is 29.3 Å². The highest BCUT2D eigenvalue weighted by molar-refractivity contribution is 5.81. The highest BCUT2D eigenvalue weighted by Crippen LogP contribution is 2.28. The summed E-state index contributed by atoms with van der Waals surface area (Å²) < 4.78 is 0. The molecule has 1 aromatic rings. The summed E-state index contributed by atoms with van der Waals surface area (Å²) in [7, 11) is 1.78. The molecule has 3 rings (SSSR count). The minimum absolute atomic E-state index is 0.189. The molecule has 1 heterocycles. The minimum atomic E-state index is 0.189. The summed E-state index contributed by atoms with van der Waals surface area (Å²) in [6.07, 6.45) is 3.18.